The summed E-state index contributed by atoms with van der Waals surface area (Å²) in [6.07, 6.45) is 22.3. The minimum Gasteiger partial charge on any atom is -0.462 e. The second-order valence-corrected chi connectivity index (χ2v) is 19.2. The monoisotopic (exact) mass is 907 g/mol. The molecule has 0 heterocycles. The van der Waals surface area contributed by atoms with E-state index in [0.29, 0.717) is 25.7 Å². The third kappa shape index (κ3) is 30.4. The number of aliphatic hydroxyl groups is 5. The van der Waals surface area contributed by atoms with Gasteiger partial charge in [0.1, 0.15) is 18.5 Å². The maximum Gasteiger partial charge on any atom is 0.472 e. The van der Waals surface area contributed by atoms with Crippen molar-refractivity contribution in [2.45, 2.75) is 225 Å². The van der Waals surface area contributed by atoms with Gasteiger partial charge in [0.2, 0.25) is 0 Å². The Balaban J connectivity index is 2.42. The lowest BCUT2D eigenvalue weighted by atomic mass is 9.87. The van der Waals surface area contributed by atoms with Crippen molar-refractivity contribution >= 4 is 25.5 Å². The fourth-order valence-electron chi connectivity index (χ4n) is 7.73. The van der Waals surface area contributed by atoms with Crippen LogP contribution in [0.3, 0.4) is 0 Å². The minimum absolute atomic E-state index is 0.0414. The van der Waals surface area contributed by atoms with Crippen molar-refractivity contribution in [1.82, 2.24) is 0 Å². The molecule has 0 aromatic heterocycles. The molecule has 15 heteroatoms. The van der Waals surface area contributed by atoms with Crippen LogP contribution in [-0.2, 0) is 37.5 Å². The van der Waals surface area contributed by atoms with Crippen molar-refractivity contribution in [2.24, 2.45) is 17.8 Å². The molecule has 1 aliphatic carbocycles. The van der Waals surface area contributed by atoms with Crippen LogP contribution in [-0.4, -0.2) is 105 Å². The Morgan fingerprint density at radius 2 is 1.23 bits per heavy atom. The van der Waals surface area contributed by atoms with Crippen LogP contribution in [0.1, 0.15) is 194 Å². The van der Waals surface area contributed by atoms with Gasteiger partial charge in [0.25, 0.3) is 0 Å². The predicted molar refractivity (Wildman–Crippen MR) is 240 cm³/mol. The number of unbranched alkanes of at least 4 members (excludes halogenated alkanes) is 16. The van der Waals surface area contributed by atoms with Gasteiger partial charge < -0.3 is 39.9 Å². The third-order valence-electron chi connectivity index (χ3n) is 11.9. The Morgan fingerprint density at radius 1 is 0.694 bits per heavy atom. The van der Waals surface area contributed by atoms with Gasteiger partial charge in [-0.2, -0.15) is 0 Å². The number of Topliss-reactive ketones (excluding diaryl/α,β-unsaturated/α-hetero) is 1. The van der Waals surface area contributed by atoms with Gasteiger partial charge >= 0.3 is 19.8 Å². The molecule has 0 aromatic carbocycles. The first-order chi connectivity index (χ1) is 29.7. The molecule has 14 nitrogen and oxygen atoms in total. The van der Waals surface area contributed by atoms with E-state index in [0.717, 1.165) is 44.4 Å². The smallest absolute Gasteiger partial charge is 0.462 e. The van der Waals surface area contributed by atoms with Crippen LogP contribution in [0.15, 0.2) is 12.2 Å². The summed E-state index contributed by atoms with van der Waals surface area (Å²) in [6, 6.07) is 0. The third-order valence-corrected chi connectivity index (χ3v) is 12.9. The zero-order chi connectivity index (χ0) is 46.0. The number of hydrogen-bond acceptors (Lipinski definition) is 13. The molecular formula is C47H87O14P. The summed E-state index contributed by atoms with van der Waals surface area (Å²) in [6.45, 7) is 4.23. The van der Waals surface area contributed by atoms with Crippen LogP contribution in [0.25, 0.3) is 0 Å². The first-order valence-electron chi connectivity index (χ1n) is 24.2. The molecule has 0 radical (unpaired) electrons. The summed E-state index contributed by atoms with van der Waals surface area (Å²) >= 11 is 0. The molecule has 0 saturated heterocycles. The van der Waals surface area contributed by atoms with E-state index in [9.17, 15) is 44.3 Å². The number of esters is 2. The average Bonchev–Trinajstić information content (AvgIpc) is 3.51. The lowest BCUT2D eigenvalue weighted by Crippen LogP contribution is -2.29. The Hall–Kier alpha value is -1.74. The largest absolute Gasteiger partial charge is 0.472 e. The second-order valence-electron chi connectivity index (χ2n) is 17.7. The molecule has 0 aliphatic heterocycles. The van der Waals surface area contributed by atoms with Gasteiger partial charge in [0.05, 0.1) is 38.1 Å². The Bertz CT molecular complexity index is 1230. The summed E-state index contributed by atoms with van der Waals surface area (Å²) in [4.78, 5) is 48.1. The SMILES string of the molecule is CCCCC[C@H](O)/C=C/[C@@H]1[C@@H](CC(=O)CCCCC(=O)OC[C@H](COP(=O)(O)OC[C@@H](O)CO)OC(=O)CCCCCCCCCCCCCCCCC(C)CC)[C@@H](O)C[C@H]1O. The van der Waals surface area contributed by atoms with Gasteiger partial charge in [-0.05, 0) is 31.6 Å². The molecule has 0 spiro atoms. The van der Waals surface area contributed by atoms with Crippen LogP contribution in [0.5, 0.6) is 0 Å². The standard InChI is InChI=1S/C47H87O14P/c1-4-6-19-25-38(49)29-30-42-43(45(53)32-44(42)52)31-39(50)26-22-23-27-46(54)58-35-41(36-60-62(56,57)59-34-40(51)33-48)61-47(55)28-21-18-16-14-12-10-8-7-9-11-13-15-17-20-24-37(3)5-2/h29-30,37-38,40-45,48-49,51-53H,4-28,31-36H2,1-3H3,(H,56,57)/b30-29+/t37?,38-,40-,41+,42+,43+,44+,45-/m0/s1. The molecule has 1 rings (SSSR count). The number of carbonyl (C=O) groups is 3. The first-order valence-corrected chi connectivity index (χ1v) is 25.7. The fourth-order valence-corrected chi connectivity index (χ4v) is 8.52. The number of aliphatic hydroxyl groups excluding tert-OH is 5. The van der Waals surface area contributed by atoms with Crippen LogP contribution >= 0.6 is 7.82 Å². The number of hydrogen-bond donors (Lipinski definition) is 6. The van der Waals surface area contributed by atoms with Gasteiger partial charge in [-0.3, -0.25) is 23.4 Å². The Morgan fingerprint density at radius 3 is 1.82 bits per heavy atom. The first kappa shape index (κ1) is 58.3. The van der Waals surface area contributed by atoms with E-state index in [2.05, 4.69) is 25.3 Å². The normalized spacial score (nSPS) is 20.8. The summed E-state index contributed by atoms with van der Waals surface area (Å²) in [7, 11) is -4.71. The molecule has 0 amide bonds. The van der Waals surface area contributed by atoms with E-state index in [1.165, 1.54) is 77.0 Å². The van der Waals surface area contributed by atoms with Crippen LogP contribution in [0, 0.1) is 17.8 Å². The lowest BCUT2D eigenvalue weighted by molar-refractivity contribution is -0.161. The minimum atomic E-state index is -4.71. The van der Waals surface area contributed by atoms with Crippen LogP contribution in [0.4, 0.5) is 0 Å². The van der Waals surface area contributed by atoms with Gasteiger partial charge in [-0.15, -0.1) is 0 Å². The highest BCUT2D eigenvalue weighted by atomic mass is 31.2. The summed E-state index contributed by atoms with van der Waals surface area (Å²) in [5.74, 6) is -1.38. The number of rotatable bonds is 41. The van der Waals surface area contributed by atoms with Crippen molar-refractivity contribution in [3.05, 3.63) is 12.2 Å². The van der Waals surface area contributed by atoms with E-state index < -0.39 is 88.5 Å². The molecular weight excluding hydrogens is 819 g/mol. The molecule has 0 bridgehead atoms. The highest BCUT2D eigenvalue weighted by Gasteiger charge is 2.41. The quantitative estimate of drug-likeness (QED) is 0.0146. The molecule has 0 aromatic rings. The molecule has 2 unspecified atom stereocenters. The second kappa shape index (κ2) is 36.5. The topological polar surface area (TPSA) is 227 Å². The number of carbonyl (C=O) groups excluding carboxylic acids is 3. The number of phosphoric ester groups is 1. The van der Waals surface area contributed by atoms with Gasteiger partial charge in [0, 0.05) is 43.9 Å². The average molecular weight is 907 g/mol. The molecule has 1 aliphatic rings. The van der Waals surface area contributed by atoms with E-state index >= 15 is 0 Å². The summed E-state index contributed by atoms with van der Waals surface area (Å²) < 4.78 is 32.7. The summed E-state index contributed by atoms with van der Waals surface area (Å²) in [5, 5.41) is 49.7. The zero-order valence-corrected chi connectivity index (χ0v) is 39.5. The Kier molecular flexibility index (Phi) is 34.3. The van der Waals surface area contributed by atoms with Crippen molar-refractivity contribution in [2.75, 3.05) is 26.4 Å². The molecule has 1 fully saturated rings. The van der Waals surface area contributed by atoms with E-state index in [-0.39, 0.29) is 37.9 Å². The number of ketones is 1. The number of ether oxygens (including phenoxy) is 2. The number of phosphoric acid groups is 1. The van der Waals surface area contributed by atoms with E-state index in [1.807, 2.05) is 0 Å². The molecule has 9 atom stereocenters. The highest BCUT2D eigenvalue weighted by Crippen LogP contribution is 2.43. The van der Waals surface area contributed by atoms with Crippen molar-refractivity contribution in [3.8, 4) is 0 Å². The molecule has 1 saturated carbocycles. The van der Waals surface area contributed by atoms with Crippen molar-refractivity contribution < 1.29 is 67.9 Å². The maximum atomic E-state index is 12.8. The maximum absolute atomic E-state index is 12.8. The lowest BCUT2D eigenvalue weighted by Gasteiger charge is -2.20. The van der Waals surface area contributed by atoms with Crippen LogP contribution < -0.4 is 0 Å². The van der Waals surface area contributed by atoms with E-state index in [4.69, 9.17) is 19.1 Å². The highest BCUT2D eigenvalue weighted by molar-refractivity contribution is 7.47. The molecule has 364 valence electrons. The van der Waals surface area contributed by atoms with Crippen LogP contribution in [0.2, 0.25) is 0 Å². The van der Waals surface area contributed by atoms with E-state index in [1.54, 1.807) is 12.2 Å². The van der Waals surface area contributed by atoms with Gasteiger partial charge in [0.15, 0.2) is 6.10 Å². The zero-order valence-electron chi connectivity index (χ0n) is 38.6. The van der Waals surface area contributed by atoms with Crippen molar-refractivity contribution in [1.29, 1.82) is 0 Å². The predicted octanol–water partition coefficient (Wildman–Crippen LogP) is 8.59. The summed E-state index contributed by atoms with van der Waals surface area (Å²) in [5.41, 5.74) is 0. The molecule has 6 N–H and O–H groups in total. The molecule has 62 heavy (non-hydrogen) atoms. The van der Waals surface area contributed by atoms with Gasteiger partial charge in [-0.25, -0.2) is 4.57 Å². The van der Waals surface area contributed by atoms with Gasteiger partial charge in [-0.1, -0.05) is 148 Å². The van der Waals surface area contributed by atoms with Crippen molar-refractivity contribution in [3.63, 3.8) is 0 Å². The fraction of sp³-hybridized carbons (Fsp3) is 0.894. The Labute approximate surface area is 373 Å².